The summed E-state index contributed by atoms with van der Waals surface area (Å²) in [6.07, 6.45) is 9.56. The summed E-state index contributed by atoms with van der Waals surface area (Å²) in [5, 5.41) is 10.8. The van der Waals surface area contributed by atoms with Gasteiger partial charge in [-0.2, -0.15) is 0 Å². The van der Waals surface area contributed by atoms with E-state index in [2.05, 4.69) is 27.7 Å². The largest absolute Gasteiger partial charge is 0.469 e. The number of esters is 1. The topological polar surface area (TPSA) is 76.1 Å². The van der Waals surface area contributed by atoms with Crippen LogP contribution < -0.4 is 0 Å². The van der Waals surface area contributed by atoms with Gasteiger partial charge in [-0.25, -0.2) is 0 Å². The first kappa shape index (κ1) is 26.7. The molecule has 4 saturated carbocycles. The van der Waals surface area contributed by atoms with Crippen molar-refractivity contribution >= 4 is 11.8 Å². The summed E-state index contributed by atoms with van der Waals surface area (Å²) < 4.78 is 12.3. The number of rotatable bonds is 5. The van der Waals surface area contributed by atoms with E-state index in [1.54, 1.807) is 0 Å². The Hall–Kier alpha value is -0.940. The molecule has 6 unspecified atom stereocenters. The molecule has 0 aromatic carbocycles. The van der Waals surface area contributed by atoms with Crippen LogP contribution in [0.25, 0.3) is 0 Å². The fourth-order valence-corrected chi connectivity index (χ4v) is 10.7. The van der Waals surface area contributed by atoms with Crippen LogP contribution in [0.3, 0.4) is 0 Å². The van der Waals surface area contributed by atoms with Gasteiger partial charge in [0, 0.05) is 18.3 Å². The molecule has 5 rings (SSSR count). The average Bonchev–Trinajstić information content (AvgIpc) is 3.31. The van der Waals surface area contributed by atoms with Crippen LogP contribution >= 0.6 is 0 Å². The molecule has 1 saturated heterocycles. The third-order valence-corrected chi connectivity index (χ3v) is 13.2. The second-order valence-corrected chi connectivity index (χ2v) is 14.7. The van der Waals surface area contributed by atoms with Crippen molar-refractivity contribution in [3.05, 3.63) is 0 Å². The lowest BCUT2D eigenvalue weighted by Crippen LogP contribution is -2.56. The molecule has 1 heterocycles. The maximum atomic E-state index is 13.3. The Labute approximate surface area is 218 Å². The van der Waals surface area contributed by atoms with Gasteiger partial charge in [-0.1, -0.05) is 27.7 Å². The van der Waals surface area contributed by atoms with Gasteiger partial charge in [0.25, 0.3) is 0 Å². The third kappa shape index (κ3) is 3.39. The Kier molecular flexibility index (Phi) is 6.13. The number of aliphatic hydroxyl groups is 1. The summed E-state index contributed by atoms with van der Waals surface area (Å²) in [6.45, 7) is 14.9. The predicted molar refractivity (Wildman–Crippen MR) is 139 cm³/mol. The number of carbonyl (C=O) groups excluding carboxylic acids is 2. The molecule has 0 aromatic rings. The Morgan fingerprint density at radius 1 is 1.06 bits per heavy atom. The molecule has 204 valence electrons. The molecule has 0 radical (unpaired) electrons. The molecule has 0 bridgehead atoms. The summed E-state index contributed by atoms with van der Waals surface area (Å²) >= 11 is 0. The van der Waals surface area contributed by atoms with Crippen molar-refractivity contribution in [3.8, 4) is 0 Å². The minimum Gasteiger partial charge on any atom is -0.469 e. The van der Waals surface area contributed by atoms with Crippen LogP contribution in [0.2, 0.25) is 0 Å². The van der Waals surface area contributed by atoms with Crippen LogP contribution in [0.5, 0.6) is 0 Å². The molecule has 0 aromatic heterocycles. The summed E-state index contributed by atoms with van der Waals surface area (Å²) in [4.78, 5) is 25.6. The highest BCUT2D eigenvalue weighted by molar-refractivity contribution is 5.79. The second-order valence-electron chi connectivity index (χ2n) is 14.7. The monoisotopic (exact) mass is 502 g/mol. The van der Waals surface area contributed by atoms with Crippen molar-refractivity contribution in [2.75, 3.05) is 7.11 Å². The fraction of sp³-hybridized carbons (Fsp3) is 0.935. The average molecular weight is 503 g/mol. The molecule has 4 aliphatic carbocycles. The van der Waals surface area contributed by atoms with E-state index in [-0.39, 0.29) is 28.8 Å². The molecule has 1 aliphatic heterocycles. The van der Waals surface area contributed by atoms with E-state index < -0.39 is 17.1 Å². The van der Waals surface area contributed by atoms with Gasteiger partial charge in [0.05, 0.1) is 18.6 Å². The number of methoxy groups -OCH3 is 1. The lowest BCUT2D eigenvalue weighted by Gasteiger charge is -2.60. The summed E-state index contributed by atoms with van der Waals surface area (Å²) in [5.74, 6) is 2.27. The molecule has 5 fully saturated rings. The Morgan fingerprint density at radius 2 is 1.72 bits per heavy atom. The van der Waals surface area contributed by atoms with Crippen molar-refractivity contribution in [2.45, 2.75) is 123 Å². The van der Waals surface area contributed by atoms with Crippen LogP contribution in [-0.2, 0) is 19.1 Å². The lowest BCUT2D eigenvalue weighted by molar-refractivity contribution is -0.153. The number of carbonyl (C=O) groups is 2. The van der Waals surface area contributed by atoms with E-state index in [1.807, 2.05) is 20.8 Å². The number of epoxide rings is 1. The van der Waals surface area contributed by atoms with Crippen LogP contribution in [0.15, 0.2) is 0 Å². The van der Waals surface area contributed by atoms with E-state index in [9.17, 15) is 14.7 Å². The van der Waals surface area contributed by atoms with Gasteiger partial charge in [0.15, 0.2) is 0 Å². The second kappa shape index (κ2) is 8.28. The van der Waals surface area contributed by atoms with E-state index in [0.717, 1.165) is 38.5 Å². The first-order valence-corrected chi connectivity index (χ1v) is 14.7. The zero-order valence-electron chi connectivity index (χ0n) is 24.0. The van der Waals surface area contributed by atoms with Gasteiger partial charge in [0.1, 0.15) is 17.0 Å². The summed E-state index contributed by atoms with van der Waals surface area (Å²) in [7, 11) is 1.48. The van der Waals surface area contributed by atoms with Crippen LogP contribution in [-0.4, -0.2) is 40.8 Å². The van der Waals surface area contributed by atoms with Gasteiger partial charge in [0.2, 0.25) is 0 Å². The molecule has 1 N–H and O–H groups in total. The minimum atomic E-state index is -0.889. The number of fused-ring (bicyclic) bond motifs is 6. The highest BCUT2D eigenvalue weighted by atomic mass is 16.6. The lowest BCUT2D eigenvalue weighted by atomic mass is 9.44. The van der Waals surface area contributed by atoms with Crippen molar-refractivity contribution in [3.63, 3.8) is 0 Å². The van der Waals surface area contributed by atoms with E-state index in [4.69, 9.17) is 9.47 Å². The van der Waals surface area contributed by atoms with E-state index in [1.165, 1.54) is 26.4 Å². The first-order chi connectivity index (χ1) is 16.7. The van der Waals surface area contributed by atoms with Crippen molar-refractivity contribution in [2.24, 2.45) is 52.3 Å². The third-order valence-electron chi connectivity index (χ3n) is 13.2. The number of ether oxygens (including phenoxy) is 2. The summed E-state index contributed by atoms with van der Waals surface area (Å²) in [5.41, 5.74) is -1.43. The van der Waals surface area contributed by atoms with Gasteiger partial charge < -0.3 is 14.6 Å². The van der Waals surface area contributed by atoms with Crippen molar-refractivity contribution in [1.29, 1.82) is 0 Å². The zero-order valence-corrected chi connectivity index (χ0v) is 24.0. The minimum absolute atomic E-state index is 0.0422. The molecule has 0 amide bonds. The Bertz CT molecular complexity index is 922. The quantitative estimate of drug-likeness (QED) is 0.371. The van der Waals surface area contributed by atoms with Gasteiger partial charge in [-0.15, -0.1) is 0 Å². The van der Waals surface area contributed by atoms with Crippen LogP contribution in [0.1, 0.15) is 106 Å². The van der Waals surface area contributed by atoms with Crippen molar-refractivity contribution < 1.29 is 24.2 Å². The molecule has 11 atom stereocenters. The highest BCUT2D eigenvalue weighted by Crippen LogP contribution is 2.77. The number of hydrogen-bond acceptors (Lipinski definition) is 5. The molecule has 5 aliphatic rings. The van der Waals surface area contributed by atoms with E-state index in [0.29, 0.717) is 34.9 Å². The van der Waals surface area contributed by atoms with Crippen molar-refractivity contribution in [1.82, 2.24) is 0 Å². The first-order valence-electron chi connectivity index (χ1n) is 14.7. The van der Waals surface area contributed by atoms with Crippen LogP contribution in [0, 0.1) is 52.3 Å². The Morgan fingerprint density at radius 3 is 2.36 bits per heavy atom. The normalized spacial score (nSPS) is 48.4. The summed E-state index contributed by atoms with van der Waals surface area (Å²) in [6, 6.07) is 0. The standard InChI is InChI=1S/C31H50O5/c1-18(19(2)27(3,4)34)25(26(33)35-8)30(7)31(36-30)16-13-24-22-10-9-20-17-21(32)11-14-28(20,5)23(22)12-15-29(24,31)6/h18-20,22-25,34H,9-17H2,1-8H3/t18-,19-,20?,22?,23?,24?,25?,28-,29-,30-,31?/m0/s1. The maximum Gasteiger partial charge on any atom is 0.311 e. The zero-order chi connectivity index (χ0) is 26.5. The SMILES string of the molecule is COC(=O)C([C@@H](C)[C@H](C)C(C)(C)O)[C@]1(C)OC12CCC1C3CCC4CC(=O)CC[C@]4(C)C3CC[C@@]12C. The molecule has 5 heteroatoms. The smallest absolute Gasteiger partial charge is 0.311 e. The van der Waals surface area contributed by atoms with Crippen LogP contribution in [0.4, 0.5) is 0 Å². The number of ketones is 1. The molecular formula is C31H50O5. The molecular weight excluding hydrogens is 452 g/mol. The van der Waals surface area contributed by atoms with E-state index >= 15 is 0 Å². The van der Waals surface area contributed by atoms with Gasteiger partial charge in [-0.05, 0) is 107 Å². The Balaban J connectivity index is 1.44. The van der Waals surface area contributed by atoms with Gasteiger partial charge >= 0.3 is 5.97 Å². The highest BCUT2D eigenvalue weighted by Gasteiger charge is 2.83. The van der Waals surface area contributed by atoms with Gasteiger partial charge in [-0.3, -0.25) is 9.59 Å². The number of Topliss-reactive ketones (excluding diaryl/α,β-unsaturated/α-hetero) is 1. The maximum absolute atomic E-state index is 13.3. The predicted octanol–water partition coefficient (Wildman–Crippen LogP) is 5.96. The molecule has 5 nitrogen and oxygen atoms in total. The fourth-order valence-electron chi connectivity index (χ4n) is 10.7. The molecule has 36 heavy (non-hydrogen) atoms. The molecule has 1 spiro atoms. The number of hydrogen-bond donors (Lipinski definition) is 1.